The Kier molecular flexibility index (Phi) is 36.8. The highest BCUT2D eigenvalue weighted by Gasteiger charge is 2.46. The zero-order valence-corrected chi connectivity index (χ0v) is 84.6. The quantitative estimate of drug-likeness (QED) is 0.135. The van der Waals surface area contributed by atoms with Gasteiger partial charge in [-0.2, -0.15) is 0 Å². The van der Waals surface area contributed by atoms with Gasteiger partial charge in [0.2, 0.25) is 17.7 Å². The average Bonchev–Trinajstić information content (AvgIpc) is 1.73. The van der Waals surface area contributed by atoms with Crippen LogP contribution in [0.1, 0.15) is 303 Å². The van der Waals surface area contributed by atoms with E-state index in [1.807, 2.05) is 9.80 Å². The minimum Gasteiger partial charge on any atom is -0.378 e. The Hall–Kier alpha value is -2.27. The third kappa shape index (κ3) is 30.6. The van der Waals surface area contributed by atoms with Crippen LogP contribution >= 0.6 is 0 Å². The Morgan fingerprint density at radius 3 is 1.42 bits per heavy atom. The Labute approximate surface area is 754 Å². The number of hydrogen-bond donors (Lipinski definition) is 6. The van der Waals surface area contributed by atoms with E-state index < -0.39 is 0 Å². The second kappa shape index (κ2) is 44.1. The second-order valence-corrected chi connectivity index (χ2v) is 49.9. The van der Waals surface area contributed by atoms with Crippen molar-refractivity contribution < 1.29 is 23.9 Å². The Bertz CT molecular complexity index is 3080. The molecule has 123 heavy (non-hydrogen) atoms. The molecule has 0 spiro atoms. The van der Waals surface area contributed by atoms with E-state index in [1.165, 1.54) is 195 Å². The molecule has 714 valence electrons. The number of ether oxygens (including phenoxy) is 2. The first-order valence-electron chi connectivity index (χ1n) is 50.6. The SMILES string of the molecule is CC(C)(C)N1C(=O)CN2CCC1CC2.CC(C)(C)N1C2CCCC1CNC2.CC(C)(C)N1CC2CNC(C2)C1.CC(C)(C)N1CC2CNCC2CC1=O.CC(C)(C)N1CC2COCC(CC1=O)N2.CC(C)(C)N1CCC2COCC(C1)N2.CC(C)(C)N1CCCC2CCCN2C1.CC(C)(C)N1CCCC2CCNC2C1.CC(C)(C)N1CCN2CCC1CC2. The number of amides is 3. The van der Waals surface area contributed by atoms with Gasteiger partial charge >= 0.3 is 0 Å². The number of nitrogens with one attached hydrogen (secondary N) is 6. The highest BCUT2D eigenvalue weighted by molar-refractivity contribution is 5.80. The minimum atomic E-state index is -0.0871. The Balaban J connectivity index is 0.000000145. The van der Waals surface area contributed by atoms with Gasteiger partial charge in [0.1, 0.15) is 0 Å². The van der Waals surface area contributed by atoms with Crippen LogP contribution in [-0.4, -0.2) is 376 Å². The largest absolute Gasteiger partial charge is 0.378 e. The predicted molar refractivity (Wildman–Crippen MR) is 511 cm³/mol. The summed E-state index contributed by atoms with van der Waals surface area (Å²) in [6.45, 7) is 92.1. The summed E-state index contributed by atoms with van der Waals surface area (Å²) in [5.41, 5.74) is 1.96. The van der Waals surface area contributed by atoms with E-state index in [0.29, 0.717) is 101 Å². The van der Waals surface area contributed by atoms with Crippen LogP contribution in [0.4, 0.5) is 0 Å². The van der Waals surface area contributed by atoms with Crippen molar-refractivity contribution in [3.05, 3.63) is 0 Å². The lowest BCUT2D eigenvalue weighted by Gasteiger charge is -2.53. The predicted octanol–water partition coefficient (Wildman–Crippen LogP) is 11.6. The Morgan fingerprint density at radius 2 is 0.837 bits per heavy atom. The van der Waals surface area contributed by atoms with Crippen LogP contribution in [0.15, 0.2) is 0 Å². The van der Waals surface area contributed by atoms with Crippen molar-refractivity contribution in [2.75, 3.05) is 184 Å². The minimum absolute atomic E-state index is 0.00928. The van der Waals surface area contributed by atoms with Crippen LogP contribution in [-0.2, 0) is 23.9 Å². The van der Waals surface area contributed by atoms with Gasteiger partial charge in [0.15, 0.2) is 0 Å². The summed E-state index contributed by atoms with van der Waals surface area (Å²) >= 11 is 0. The molecule has 23 nitrogen and oxygen atoms in total. The molecule has 23 heteroatoms. The molecule has 0 aromatic rings. The average molecular weight is 1730 g/mol. The van der Waals surface area contributed by atoms with Gasteiger partial charge in [0.25, 0.3) is 0 Å². The number of carbonyl (C=O) groups excluding carboxylic acids is 3. The molecule has 20 rings (SSSR count). The number of morpholine rings is 2. The standard InChI is InChI=1S/2C12H24N2.C11H20N2O2.2C11H20N2O.C11H22N2O.2C11H22N2.C10H20N2/c1-12(2,3)14-9-5-7-11-6-4-8-13(11)10-14;1-12(2,3)14-8-4-5-10-6-7-13-11(10)9-14;1-11(2,3)13-5-9-7-15-6-8(12-9)4-10(13)14;1-11(2,3)13-7-9-6-12-5-8(9)4-10(13)14;1-11(2,3)13-9-4-6-12(7-5-9)8-10(13)14;1-11(2,3)13-5-4-9-7-14-8-10(6-13)12-9;1-11(2,3)13-9-8-12-6-4-10(13)5-7-12;1-11(2,3)13-9-5-4-6-10(13)8-12-7-9;1-10(2,3)12-6-8-4-9(7-12)11-5-8/h11H,4-10H2,1-3H3;10-11,13H,4-9H2,1-3H3;8-9,12H,4-7H2,1-3H3;8-9,12H,4-7H2,1-3H3;9H,4-8H2,1-3H3;9-10,12H,4-8H2,1-3H3;10H,4-9H2,1-3H3;9-10,12H,4-8H2,1-3H3;8-9,11H,4-7H2,1-3H3. The Morgan fingerprint density at radius 1 is 0.325 bits per heavy atom. The van der Waals surface area contributed by atoms with Gasteiger partial charge < -0.3 is 61.0 Å². The fourth-order valence-electron chi connectivity index (χ4n) is 23.8. The summed E-state index contributed by atoms with van der Waals surface area (Å²) in [5.74, 6) is 4.06. The van der Waals surface area contributed by atoms with Crippen LogP contribution in [0.3, 0.4) is 0 Å². The van der Waals surface area contributed by atoms with Gasteiger partial charge in [-0.3, -0.25) is 53.6 Å². The van der Waals surface area contributed by atoms with E-state index >= 15 is 0 Å². The van der Waals surface area contributed by atoms with Crippen molar-refractivity contribution in [2.45, 2.75) is 419 Å². The lowest BCUT2D eigenvalue weighted by Crippen LogP contribution is -2.65. The summed E-state index contributed by atoms with van der Waals surface area (Å²) in [6.07, 6.45) is 23.1. The van der Waals surface area contributed by atoms with Gasteiger partial charge in [0, 0.05) is 214 Å². The van der Waals surface area contributed by atoms with Crippen molar-refractivity contribution >= 4 is 17.7 Å². The highest BCUT2D eigenvalue weighted by atomic mass is 16.5. The number of rotatable bonds is 0. The molecular formula is C100H194N18O5. The van der Waals surface area contributed by atoms with Crippen LogP contribution in [0.5, 0.6) is 0 Å². The molecule has 0 radical (unpaired) electrons. The maximum Gasteiger partial charge on any atom is 0.237 e. The molecule has 6 N–H and O–H groups in total. The van der Waals surface area contributed by atoms with E-state index in [0.717, 1.165) is 133 Å². The molecule has 20 saturated heterocycles. The van der Waals surface area contributed by atoms with Crippen molar-refractivity contribution in [2.24, 2.45) is 23.7 Å². The molecule has 12 bridgehead atoms. The summed E-state index contributed by atoms with van der Waals surface area (Å²) in [5, 5.41) is 21.3. The molecule has 20 aliphatic heterocycles. The van der Waals surface area contributed by atoms with E-state index in [-0.39, 0.29) is 28.6 Å². The first-order valence-corrected chi connectivity index (χ1v) is 50.6. The van der Waals surface area contributed by atoms with Crippen LogP contribution in [0, 0.1) is 23.7 Å². The number of fused-ring (bicyclic) bond motifs is 19. The van der Waals surface area contributed by atoms with Crippen molar-refractivity contribution in [1.29, 1.82) is 0 Å². The van der Waals surface area contributed by atoms with Crippen molar-refractivity contribution in [3.8, 4) is 0 Å². The number of piperazine rings is 1. The first kappa shape index (κ1) is 103. The fourth-order valence-corrected chi connectivity index (χ4v) is 23.8. The van der Waals surface area contributed by atoms with Crippen molar-refractivity contribution in [1.82, 2.24) is 90.7 Å². The zero-order chi connectivity index (χ0) is 90.0. The number of carbonyl (C=O) groups is 3. The normalized spacial score (nSPS) is 34.5. The van der Waals surface area contributed by atoms with Gasteiger partial charge in [-0.15, -0.1) is 0 Å². The van der Waals surface area contributed by atoms with E-state index in [2.05, 4.69) is 268 Å². The molecule has 0 saturated carbocycles. The summed E-state index contributed by atoms with van der Waals surface area (Å²) in [4.78, 5) is 65.6. The topological polar surface area (TPSA) is 181 Å². The maximum atomic E-state index is 12.0. The zero-order valence-electron chi connectivity index (χ0n) is 84.6. The van der Waals surface area contributed by atoms with Gasteiger partial charge in [-0.05, 0) is 366 Å². The second-order valence-electron chi connectivity index (χ2n) is 49.9. The van der Waals surface area contributed by atoms with E-state index in [4.69, 9.17) is 9.47 Å². The molecule has 3 amide bonds. The molecule has 0 aromatic carbocycles. The molecule has 20 aliphatic rings. The summed E-state index contributed by atoms with van der Waals surface area (Å²) in [7, 11) is 0. The van der Waals surface area contributed by atoms with E-state index in [9.17, 15) is 14.4 Å². The first-order chi connectivity index (χ1) is 57.3. The van der Waals surface area contributed by atoms with Gasteiger partial charge in [-0.1, -0.05) is 6.42 Å². The lowest BCUT2D eigenvalue weighted by molar-refractivity contribution is -0.142. The fraction of sp³-hybridized carbons (Fsp3) is 0.970. The monoisotopic (exact) mass is 1730 g/mol. The number of likely N-dealkylation sites (tertiary alicyclic amines) is 3. The maximum absolute atomic E-state index is 12.0. The smallest absolute Gasteiger partial charge is 0.237 e. The molecule has 0 aromatic heterocycles. The molecule has 20 heterocycles. The molecule has 20 fully saturated rings. The molecule has 0 aliphatic carbocycles. The third-order valence-electron chi connectivity index (χ3n) is 30.7. The summed E-state index contributed by atoms with van der Waals surface area (Å²) < 4.78 is 11.1. The molecular weight excluding hydrogens is 1530 g/mol. The molecule has 13 unspecified atom stereocenters. The van der Waals surface area contributed by atoms with Crippen LogP contribution < -0.4 is 31.9 Å². The van der Waals surface area contributed by atoms with Gasteiger partial charge in [0.05, 0.1) is 39.6 Å². The van der Waals surface area contributed by atoms with Crippen LogP contribution in [0.25, 0.3) is 0 Å². The number of piperidine rings is 5. The van der Waals surface area contributed by atoms with Crippen LogP contribution in [0.2, 0.25) is 0 Å². The number of hydrogen-bond acceptors (Lipinski definition) is 20. The molecule has 13 atom stereocenters. The van der Waals surface area contributed by atoms with Crippen molar-refractivity contribution in [3.63, 3.8) is 0 Å². The highest BCUT2D eigenvalue weighted by Crippen LogP contribution is 2.37. The van der Waals surface area contributed by atoms with E-state index in [1.54, 1.807) is 0 Å². The summed E-state index contributed by atoms with van der Waals surface area (Å²) in [6, 6.07) is 7.04. The third-order valence-corrected chi connectivity index (χ3v) is 30.7. The number of nitrogens with zero attached hydrogens (tertiary/aromatic N) is 12. The lowest BCUT2D eigenvalue weighted by atomic mass is 9.86. The van der Waals surface area contributed by atoms with Gasteiger partial charge in [-0.25, -0.2) is 0 Å².